The number of esters is 1. The molecule has 0 aliphatic carbocycles. The van der Waals surface area contributed by atoms with Crippen LogP contribution in [0.15, 0.2) is 48.5 Å². The molecule has 6 nitrogen and oxygen atoms in total. The maximum absolute atomic E-state index is 12.8. The normalized spacial score (nSPS) is 10.1. The standard InChI is InChI=1S/C18H16FNO5/c19-13-3-1-12(2-4-13)16(22)11-25-18(24)10-9-17(23)20-14-5-7-15(21)8-6-14/h1-8,21H,9-11H2,(H,20,23). The average Bonchev–Trinajstić information content (AvgIpc) is 2.60. The molecule has 0 aliphatic heterocycles. The molecule has 2 rings (SSSR count). The van der Waals surface area contributed by atoms with Gasteiger partial charge >= 0.3 is 5.97 Å². The molecule has 0 bridgehead atoms. The highest BCUT2D eigenvalue weighted by Crippen LogP contribution is 2.14. The number of carbonyl (C=O) groups excluding carboxylic acids is 3. The molecule has 130 valence electrons. The van der Waals surface area contributed by atoms with Gasteiger partial charge in [-0.15, -0.1) is 0 Å². The molecule has 0 atom stereocenters. The molecule has 0 spiro atoms. The number of aromatic hydroxyl groups is 1. The van der Waals surface area contributed by atoms with Crippen LogP contribution < -0.4 is 5.32 Å². The van der Waals surface area contributed by atoms with E-state index in [1.807, 2.05) is 0 Å². The van der Waals surface area contributed by atoms with Gasteiger partial charge in [-0.3, -0.25) is 14.4 Å². The number of nitrogens with one attached hydrogen (secondary N) is 1. The van der Waals surface area contributed by atoms with Gasteiger partial charge in [-0.1, -0.05) is 0 Å². The van der Waals surface area contributed by atoms with Gasteiger partial charge in [-0.2, -0.15) is 0 Å². The quantitative estimate of drug-likeness (QED) is 0.457. The largest absolute Gasteiger partial charge is 0.508 e. The zero-order chi connectivity index (χ0) is 18.2. The fourth-order valence-electron chi connectivity index (χ4n) is 1.92. The first-order valence-electron chi connectivity index (χ1n) is 7.47. The Morgan fingerprint density at radius 2 is 1.60 bits per heavy atom. The van der Waals surface area contributed by atoms with Crippen molar-refractivity contribution >= 4 is 23.3 Å². The molecule has 25 heavy (non-hydrogen) atoms. The van der Waals surface area contributed by atoms with Crippen LogP contribution >= 0.6 is 0 Å². The lowest BCUT2D eigenvalue weighted by molar-refractivity contribution is -0.143. The van der Waals surface area contributed by atoms with Gasteiger partial charge < -0.3 is 15.2 Å². The van der Waals surface area contributed by atoms with E-state index in [2.05, 4.69) is 5.32 Å². The first kappa shape index (κ1) is 18.1. The maximum atomic E-state index is 12.8. The van der Waals surface area contributed by atoms with Gasteiger partial charge in [0.1, 0.15) is 11.6 Å². The van der Waals surface area contributed by atoms with Crippen molar-refractivity contribution in [3.63, 3.8) is 0 Å². The highest BCUT2D eigenvalue weighted by molar-refractivity contribution is 5.98. The number of amides is 1. The molecule has 2 N–H and O–H groups in total. The molecule has 1 amide bonds. The Labute approximate surface area is 143 Å². The Morgan fingerprint density at radius 3 is 2.24 bits per heavy atom. The molecular formula is C18H16FNO5. The number of halogens is 1. The van der Waals surface area contributed by atoms with Crippen molar-refractivity contribution in [3.05, 3.63) is 59.9 Å². The third kappa shape index (κ3) is 6.06. The van der Waals surface area contributed by atoms with Crippen LogP contribution in [0.5, 0.6) is 5.75 Å². The molecule has 2 aromatic rings. The van der Waals surface area contributed by atoms with Crippen molar-refractivity contribution in [2.24, 2.45) is 0 Å². The first-order chi connectivity index (χ1) is 11.9. The molecule has 0 saturated carbocycles. The minimum absolute atomic E-state index is 0.0763. The second-order valence-electron chi connectivity index (χ2n) is 5.19. The zero-order valence-electron chi connectivity index (χ0n) is 13.2. The van der Waals surface area contributed by atoms with E-state index >= 15 is 0 Å². The molecule has 0 radical (unpaired) electrons. The Hall–Kier alpha value is -3.22. The Bertz CT molecular complexity index is 756. The third-order valence-corrected chi connectivity index (χ3v) is 3.24. The predicted molar refractivity (Wildman–Crippen MR) is 87.7 cm³/mol. The molecule has 7 heteroatoms. The van der Waals surface area contributed by atoms with E-state index < -0.39 is 30.1 Å². The number of ketones is 1. The summed E-state index contributed by atoms with van der Waals surface area (Å²) in [4.78, 5) is 35.1. The van der Waals surface area contributed by atoms with Gasteiger partial charge in [-0.25, -0.2) is 4.39 Å². The highest BCUT2D eigenvalue weighted by atomic mass is 19.1. The van der Waals surface area contributed by atoms with Gasteiger partial charge in [0, 0.05) is 17.7 Å². The number of ether oxygens (including phenoxy) is 1. The van der Waals surface area contributed by atoms with E-state index in [0.717, 1.165) is 12.1 Å². The van der Waals surface area contributed by atoms with Crippen LogP contribution in [-0.4, -0.2) is 29.4 Å². The number of Topliss-reactive ketones (excluding diaryl/α,β-unsaturated/α-hetero) is 1. The van der Waals surface area contributed by atoms with Crippen molar-refractivity contribution in [1.29, 1.82) is 0 Å². The summed E-state index contributed by atoms with van der Waals surface area (Å²) in [5.74, 6) is -1.92. The SMILES string of the molecule is O=C(CCC(=O)OCC(=O)c1ccc(F)cc1)Nc1ccc(O)cc1. The Morgan fingerprint density at radius 1 is 0.960 bits per heavy atom. The zero-order valence-corrected chi connectivity index (χ0v) is 13.2. The number of carbonyl (C=O) groups is 3. The molecule has 2 aromatic carbocycles. The van der Waals surface area contributed by atoms with Gasteiger partial charge in [-0.05, 0) is 48.5 Å². The van der Waals surface area contributed by atoms with Crippen molar-refractivity contribution < 1.29 is 28.6 Å². The lowest BCUT2D eigenvalue weighted by Crippen LogP contribution is -2.17. The number of hydrogen-bond acceptors (Lipinski definition) is 5. The summed E-state index contributed by atoms with van der Waals surface area (Å²) in [5, 5.41) is 11.7. The van der Waals surface area contributed by atoms with Crippen molar-refractivity contribution in [2.45, 2.75) is 12.8 Å². The number of phenols is 1. The third-order valence-electron chi connectivity index (χ3n) is 3.24. The summed E-state index contributed by atoms with van der Waals surface area (Å²) in [7, 11) is 0. The molecule has 0 saturated heterocycles. The number of rotatable bonds is 7. The molecule has 0 aromatic heterocycles. The smallest absolute Gasteiger partial charge is 0.306 e. The number of anilines is 1. The van der Waals surface area contributed by atoms with Crippen LogP contribution in [0, 0.1) is 5.82 Å². The summed E-state index contributed by atoms with van der Waals surface area (Å²) in [6, 6.07) is 10.8. The fraction of sp³-hybridized carbons (Fsp3) is 0.167. The summed E-state index contributed by atoms with van der Waals surface area (Å²) >= 11 is 0. The fourth-order valence-corrected chi connectivity index (χ4v) is 1.92. The molecule has 0 aliphatic rings. The van der Waals surface area contributed by atoms with Crippen LogP contribution in [0.4, 0.5) is 10.1 Å². The van der Waals surface area contributed by atoms with Crippen LogP contribution in [0.3, 0.4) is 0 Å². The van der Waals surface area contributed by atoms with E-state index in [-0.39, 0.29) is 24.2 Å². The van der Waals surface area contributed by atoms with Gasteiger partial charge in [0.05, 0.1) is 6.42 Å². The van der Waals surface area contributed by atoms with E-state index in [0.29, 0.717) is 5.69 Å². The summed E-state index contributed by atoms with van der Waals surface area (Å²) in [6.07, 6.45) is -0.287. The minimum atomic E-state index is -0.684. The Kier molecular flexibility index (Phi) is 6.22. The highest BCUT2D eigenvalue weighted by Gasteiger charge is 2.12. The summed E-state index contributed by atoms with van der Waals surface area (Å²) in [6.45, 7) is -0.468. The van der Waals surface area contributed by atoms with E-state index in [1.54, 1.807) is 0 Å². The Balaban J connectivity index is 1.71. The van der Waals surface area contributed by atoms with Gasteiger partial charge in [0.15, 0.2) is 12.4 Å². The number of hydrogen-bond donors (Lipinski definition) is 2. The van der Waals surface area contributed by atoms with E-state index in [9.17, 15) is 18.8 Å². The van der Waals surface area contributed by atoms with Crippen LogP contribution in [0.2, 0.25) is 0 Å². The second kappa shape index (κ2) is 8.58. The molecule has 0 heterocycles. The van der Waals surface area contributed by atoms with E-state index in [1.165, 1.54) is 36.4 Å². The van der Waals surface area contributed by atoms with Gasteiger partial charge in [0.25, 0.3) is 0 Å². The lowest BCUT2D eigenvalue weighted by atomic mass is 10.1. The van der Waals surface area contributed by atoms with Gasteiger partial charge in [0.2, 0.25) is 5.91 Å². The van der Waals surface area contributed by atoms with Crippen LogP contribution in [0.25, 0.3) is 0 Å². The van der Waals surface area contributed by atoms with Crippen molar-refractivity contribution in [3.8, 4) is 5.75 Å². The minimum Gasteiger partial charge on any atom is -0.508 e. The van der Waals surface area contributed by atoms with E-state index in [4.69, 9.17) is 9.84 Å². The summed E-state index contributed by atoms with van der Waals surface area (Å²) < 4.78 is 17.6. The van der Waals surface area contributed by atoms with Crippen LogP contribution in [-0.2, 0) is 14.3 Å². The number of phenolic OH excluding ortho intramolecular Hbond substituents is 1. The topological polar surface area (TPSA) is 92.7 Å². The van der Waals surface area contributed by atoms with Crippen molar-refractivity contribution in [1.82, 2.24) is 0 Å². The monoisotopic (exact) mass is 345 g/mol. The van der Waals surface area contributed by atoms with Crippen LogP contribution in [0.1, 0.15) is 23.2 Å². The first-order valence-corrected chi connectivity index (χ1v) is 7.47. The molecule has 0 fully saturated rings. The lowest BCUT2D eigenvalue weighted by Gasteiger charge is -2.06. The average molecular weight is 345 g/mol. The maximum Gasteiger partial charge on any atom is 0.306 e. The summed E-state index contributed by atoms with van der Waals surface area (Å²) in [5.41, 5.74) is 0.724. The molecular weight excluding hydrogens is 329 g/mol. The number of benzene rings is 2. The second-order valence-corrected chi connectivity index (χ2v) is 5.19. The van der Waals surface area contributed by atoms with Crippen molar-refractivity contribution in [2.75, 3.05) is 11.9 Å². The predicted octanol–water partition coefficient (Wildman–Crippen LogP) is 2.68. The molecule has 0 unspecified atom stereocenters.